The molecule has 0 amide bonds. The van der Waals surface area contributed by atoms with Crippen molar-refractivity contribution < 1.29 is 9.15 Å². The minimum atomic E-state index is 0.0761. The molecule has 6 heteroatoms. The molecule has 2 aromatic rings. The Balaban J connectivity index is 2.64. The summed E-state index contributed by atoms with van der Waals surface area (Å²) >= 11 is 5.85. The van der Waals surface area contributed by atoms with Gasteiger partial charge in [-0.25, -0.2) is 4.98 Å². The van der Waals surface area contributed by atoms with Crippen molar-refractivity contribution in [2.24, 2.45) is 0 Å². The Morgan fingerprint density at radius 2 is 2.27 bits per heavy atom. The summed E-state index contributed by atoms with van der Waals surface area (Å²) in [4.78, 5) is 7.79. The molecule has 0 aliphatic heterocycles. The smallest absolute Gasteiger partial charge is 0.222 e. The Labute approximate surface area is 90.8 Å². The first-order valence-electron chi connectivity index (χ1n) is 4.13. The molecule has 0 unspecified atom stereocenters. The van der Waals surface area contributed by atoms with E-state index < -0.39 is 0 Å². The summed E-state index contributed by atoms with van der Waals surface area (Å²) < 4.78 is 10.3. The summed E-state index contributed by atoms with van der Waals surface area (Å²) in [6, 6.07) is 3.47. The summed E-state index contributed by atoms with van der Waals surface area (Å²) in [5, 5.41) is 0.163. The first-order chi connectivity index (χ1) is 7.22. The van der Waals surface area contributed by atoms with Crippen molar-refractivity contribution in [2.75, 3.05) is 12.8 Å². The first-order valence-corrected chi connectivity index (χ1v) is 4.51. The van der Waals surface area contributed by atoms with Crippen molar-refractivity contribution >= 4 is 17.5 Å². The molecular weight excluding hydrogens is 218 g/mol. The Morgan fingerprint density at radius 1 is 1.47 bits per heavy atom. The molecule has 0 aromatic carbocycles. The SMILES string of the molecule is COc1c(Cl)nc(N)nc1-c1ccco1. The third-order valence-electron chi connectivity index (χ3n) is 1.80. The predicted octanol–water partition coefficient (Wildman–Crippen LogP) is 1.98. The molecule has 0 atom stereocenters. The summed E-state index contributed by atoms with van der Waals surface area (Å²) in [7, 11) is 1.48. The molecule has 15 heavy (non-hydrogen) atoms. The maximum atomic E-state index is 5.85. The van der Waals surface area contributed by atoms with E-state index in [0.717, 1.165) is 0 Å². The Morgan fingerprint density at radius 3 is 2.87 bits per heavy atom. The molecule has 0 spiro atoms. The fourth-order valence-corrected chi connectivity index (χ4v) is 1.45. The van der Waals surface area contributed by atoms with Crippen LogP contribution >= 0.6 is 11.6 Å². The van der Waals surface area contributed by atoms with Gasteiger partial charge in [0.2, 0.25) is 5.95 Å². The van der Waals surface area contributed by atoms with Crippen LogP contribution in [-0.4, -0.2) is 17.1 Å². The Hall–Kier alpha value is -1.75. The van der Waals surface area contributed by atoms with Crippen molar-refractivity contribution in [2.45, 2.75) is 0 Å². The largest absolute Gasteiger partial charge is 0.491 e. The molecule has 0 saturated carbocycles. The van der Waals surface area contributed by atoms with Gasteiger partial charge in [-0.05, 0) is 12.1 Å². The molecule has 78 valence electrons. The zero-order chi connectivity index (χ0) is 10.8. The molecule has 0 fully saturated rings. The number of rotatable bonds is 2. The lowest BCUT2D eigenvalue weighted by atomic mass is 10.3. The van der Waals surface area contributed by atoms with E-state index in [1.807, 2.05) is 0 Å². The molecule has 0 aliphatic carbocycles. The van der Waals surface area contributed by atoms with Gasteiger partial charge in [0, 0.05) is 0 Å². The topological polar surface area (TPSA) is 74.2 Å². The molecule has 0 radical (unpaired) electrons. The highest BCUT2D eigenvalue weighted by Gasteiger charge is 2.16. The molecule has 0 aliphatic rings. The van der Waals surface area contributed by atoms with E-state index in [0.29, 0.717) is 17.2 Å². The van der Waals surface area contributed by atoms with Crippen molar-refractivity contribution in [3.05, 3.63) is 23.5 Å². The Bertz CT molecular complexity index is 470. The quantitative estimate of drug-likeness (QED) is 0.791. The van der Waals surface area contributed by atoms with Gasteiger partial charge in [0.05, 0.1) is 13.4 Å². The normalized spacial score (nSPS) is 10.3. The van der Waals surface area contributed by atoms with Crippen LogP contribution in [0.3, 0.4) is 0 Å². The molecule has 0 saturated heterocycles. The van der Waals surface area contributed by atoms with Crippen molar-refractivity contribution in [3.63, 3.8) is 0 Å². The molecule has 0 bridgehead atoms. The maximum Gasteiger partial charge on any atom is 0.222 e. The molecule has 2 N–H and O–H groups in total. The van der Waals surface area contributed by atoms with Gasteiger partial charge in [-0.2, -0.15) is 4.98 Å². The Kier molecular flexibility index (Phi) is 2.47. The highest BCUT2D eigenvalue weighted by Crippen LogP contribution is 2.33. The van der Waals surface area contributed by atoms with E-state index >= 15 is 0 Å². The number of anilines is 1. The third-order valence-corrected chi connectivity index (χ3v) is 2.06. The van der Waals surface area contributed by atoms with Crippen molar-refractivity contribution in [3.8, 4) is 17.2 Å². The monoisotopic (exact) mass is 225 g/mol. The van der Waals surface area contributed by atoms with Crippen LogP contribution in [0.1, 0.15) is 0 Å². The van der Waals surface area contributed by atoms with Crippen LogP contribution in [0, 0.1) is 0 Å². The van der Waals surface area contributed by atoms with E-state index in [1.54, 1.807) is 12.1 Å². The number of nitrogens with zero attached hydrogens (tertiary/aromatic N) is 2. The maximum absolute atomic E-state index is 5.85. The van der Waals surface area contributed by atoms with E-state index in [-0.39, 0.29) is 11.1 Å². The molecule has 5 nitrogen and oxygen atoms in total. The van der Waals surface area contributed by atoms with Crippen molar-refractivity contribution in [1.82, 2.24) is 9.97 Å². The highest BCUT2D eigenvalue weighted by atomic mass is 35.5. The van der Waals surface area contributed by atoms with Gasteiger partial charge in [0.1, 0.15) is 0 Å². The van der Waals surface area contributed by atoms with Crippen LogP contribution in [0.15, 0.2) is 22.8 Å². The summed E-state index contributed by atoms with van der Waals surface area (Å²) in [6.07, 6.45) is 1.53. The van der Waals surface area contributed by atoms with Crippen LogP contribution in [-0.2, 0) is 0 Å². The first kappa shape index (κ1) is 9.79. The minimum Gasteiger partial charge on any atom is -0.491 e. The van der Waals surface area contributed by atoms with E-state index in [4.69, 9.17) is 26.5 Å². The van der Waals surface area contributed by atoms with Crippen LogP contribution in [0.25, 0.3) is 11.5 Å². The molecule has 2 aromatic heterocycles. The standard InChI is InChI=1S/C9H8ClN3O2/c1-14-7-6(5-3-2-4-15-5)12-9(11)13-8(7)10/h2-4H,1H3,(H2,11,12,13). The average Bonchev–Trinajstić information content (AvgIpc) is 2.69. The van der Waals surface area contributed by atoms with Gasteiger partial charge in [-0.1, -0.05) is 11.6 Å². The molecular formula is C9H8ClN3O2. The van der Waals surface area contributed by atoms with Gasteiger partial charge in [0.15, 0.2) is 22.4 Å². The lowest BCUT2D eigenvalue weighted by Gasteiger charge is -2.06. The zero-order valence-electron chi connectivity index (χ0n) is 7.90. The summed E-state index contributed by atoms with van der Waals surface area (Å²) in [6.45, 7) is 0. The number of methoxy groups -OCH3 is 1. The second kappa shape index (κ2) is 3.78. The number of hydrogen-bond acceptors (Lipinski definition) is 5. The molecule has 2 heterocycles. The number of aromatic nitrogens is 2. The zero-order valence-corrected chi connectivity index (χ0v) is 8.65. The minimum absolute atomic E-state index is 0.0761. The highest BCUT2D eigenvalue weighted by molar-refractivity contribution is 6.31. The van der Waals surface area contributed by atoms with Crippen LogP contribution in [0.5, 0.6) is 5.75 Å². The number of halogens is 1. The second-order valence-corrected chi connectivity index (χ2v) is 3.09. The fraction of sp³-hybridized carbons (Fsp3) is 0.111. The lowest BCUT2D eigenvalue weighted by Crippen LogP contribution is -2.00. The fourth-order valence-electron chi connectivity index (χ4n) is 1.20. The van der Waals surface area contributed by atoms with E-state index in [9.17, 15) is 0 Å². The van der Waals surface area contributed by atoms with Crippen LogP contribution in [0.2, 0.25) is 5.15 Å². The second-order valence-electron chi connectivity index (χ2n) is 2.73. The molecule has 2 rings (SSSR count). The van der Waals surface area contributed by atoms with Gasteiger partial charge < -0.3 is 14.9 Å². The third kappa shape index (κ3) is 1.73. The number of nitrogen functional groups attached to an aromatic ring is 1. The van der Waals surface area contributed by atoms with E-state index in [1.165, 1.54) is 13.4 Å². The number of furan rings is 1. The van der Waals surface area contributed by atoms with Gasteiger partial charge in [-0.3, -0.25) is 0 Å². The van der Waals surface area contributed by atoms with E-state index in [2.05, 4.69) is 9.97 Å². The predicted molar refractivity (Wildman–Crippen MR) is 55.7 cm³/mol. The number of hydrogen-bond donors (Lipinski definition) is 1. The summed E-state index contributed by atoms with van der Waals surface area (Å²) in [5.41, 5.74) is 5.93. The van der Waals surface area contributed by atoms with Gasteiger partial charge >= 0.3 is 0 Å². The number of ether oxygens (including phenoxy) is 1. The van der Waals surface area contributed by atoms with Gasteiger partial charge in [0.25, 0.3) is 0 Å². The summed E-state index contributed by atoms with van der Waals surface area (Å²) in [5.74, 6) is 0.955. The van der Waals surface area contributed by atoms with Crippen molar-refractivity contribution in [1.29, 1.82) is 0 Å². The van der Waals surface area contributed by atoms with Crippen LogP contribution in [0.4, 0.5) is 5.95 Å². The lowest BCUT2D eigenvalue weighted by molar-refractivity contribution is 0.411. The number of nitrogens with two attached hydrogens (primary N) is 1. The van der Waals surface area contributed by atoms with Crippen LogP contribution < -0.4 is 10.5 Å². The average molecular weight is 226 g/mol. The van der Waals surface area contributed by atoms with Gasteiger partial charge in [-0.15, -0.1) is 0 Å².